The van der Waals surface area contributed by atoms with Gasteiger partial charge in [0.05, 0.1) is 50.6 Å². The van der Waals surface area contributed by atoms with Crippen molar-refractivity contribution in [3.8, 4) is 0 Å². The Kier molecular flexibility index (Phi) is 11.0. The maximum absolute atomic E-state index is 14.1. The number of carbonyl (C=O) groups excluding carboxylic acids is 2. The van der Waals surface area contributed by atoms with Crippen molar-refractivity contribution < 1.29 is 33.3 Å². The number of allylic oxidation sites excluding steroid dienone is 1. The van der Waals surface area contributed by atoms with Gasteiger partial charge >= 0.3 is 5.97 Å². The van der Waals surface area contributed by atoms with Gasteiger partial charge < -0.3 is 23.7 Å². The molecule has 3 aromatic carbocycles. The molecule has 5 atom stereocenters. The average Bonchev–Trinajstić information content (AvgIpc) is 3.09. The van der Waals surface area contributed by atoms with Crippen LogP contribution in [0.15, 0.2) is 115 Å². The van der Waals surface area contributed by atoms with Crippen molar-refractivity contribution in [2.45, 2.75) is 51.3 Å². The van der Waals surface area contributed by atoms with Crippen LogP contribution in [0.4, 0.5) is 0 Å². The molecule has 0 unspecified atom stereocenters. The minimum absolute atomic E-state index is 0.0416. The number of methoxy groups -OCH3 is 2. The molecule has 0 spiro atoms. The van der Waals surface area contributed by atoms with Crippen LogP contribution in [0, 0.1) is 17.3 Å². The molecule has 2 aliphatic rings. The summed E-state index contributed by atoms with van der Waals surface area (Å²) in [5, 5.41) is 0. The zero-order valence-electron chi connectivity index (χ0n) is 26.1. The number of carbonyl (C=O) groups is 2. The second-order valence-electron chi connectivity index (χ2n) is 11.7. The molecular weight excluding hydrogens is 568 g/mol. The minimum Gasteiger partial charge on any atom is -0.493 e. The topological polar surface area (TPSA) is 80.3 Å². The predicted octanol–water partition coefficient (Wildman–Crippen LogP) is 6.62. The number of hydrogen-bond donors (Lipinski definition) is 0. The molecule has 0 heterocycles. The van der Waals surface area contributed by atoms with Gasteiger partial charge in [-0.1, -0.05) is 103 Å². The van der Waals surface area contributed by atoms with Crippen LogP contribution in [0.1, 0.15) is 36.0 Å². The minimum atomic E-state index is -1.23. The van der Waals surface area contributed by atoms with Crippen LogP contribution in [0.25, 0.3) is 0 Å². The number of benzene rings is 3. The average molecular weight is 611 g/mol. The highest BCUT2D eigenvalue weighted by Crippen LogP contribution is 2.56. The molecule has 0 N–H and O–H groups in total. The molecule has 45 heavy (non-hydrogen) atoms. The summed E-state index contributed by atoms with van der Waals surface area (Å²) in [7, 11) is 2.97. The molecule has 0 amide bonds. The maximum Gasteiger partial charge on any atom is 0.317 e. The lowest BCUT2D eigenvalue weighted by Gasteiger charge is -2.50. The van der Waals surface area contributed by atoms with Crippen molar-refractivity contribution in [1.82, 2.24) is 0 Å². The molecule has 7 nitrogen and oxygen atoms in total. The smallest absolute Gasteiger partial charge is 0.317 e. The Labute approximate surface area is 265 Å². The zero-order chi connectivity index (χ0) is 31.6. The fourth-order valence-electron chi connectivity index (χ4n) is 6.64. The van der Waals surface area contributed by atoms with Crippen LogP contribution < -0.4 is 0 Å². The van der Waals surface area contributed by atoms with Crippen molar-refractivity contribution >= 4 is 11.8 Å². The molecule has 1 fully saturated rings. The normalized spacial score (nSPS) is 22.6. The summed E-state index contributed by atoms with van der Waals surface area (Å²) >= 11 is 0. The van der Waals surface area contributed by atoms with Gasteiger partial charge in [-0.3, -0.25) is 9.59 Å². The van der Waals surface area contributed by atoms with Gasteiger partial charge in [-0.05, 0) is 35.6 Å². The van der Waals surface area contributed by atoms with E-state index in [0.29, 0.717) is 31.0 Å². The number of ketones is 1. The van der Waals surface area contributed by atoms with E-state index in [0.717, 1.165) is 16.7 Å². The molecule has 5 rings (SSSR count). The second kappa shape index (κ2) is 15.3. The van der Waals surface area contributed by atoms with E-state index < -0.39 is 35.4 Å². The Hall–Kier alpha value is -4.04. The van der Waals surface area contributed by atoms with E-state index in [1.165, 1.54) is 7.11 Å². The highest BCUT2D eigenvalue weighted by atomic mass is 16.6. The molecule has 0 bridgehead atoms. The number of hydrogen-bond acceptors (Lipinski definition) is 7. The second-order valence-corrected chi connectivity index (χ2v) is 11.7. The lowest BCUT2D eigenvalue weighted by atomic mass is 9.53. The van der Waals surface area contributed by atoms with Gasteiger partial charge in [0.25, 0.3) is 0 Å². The monoisotopic (exact) mass is 610 g/mol. The molecule has 2 aliphatic carbocycles. The molecule has 0 aliphatic heterocycles. The first-order chi connectivity index (χ1) is 22.0. The summed E-state index contributed by atoms with van der Waals surface area (Å²) < 4.78 is 30.9. The van der Waals surface area contributed by atoms with Gasteiger partial charge in [0, 0.05) is 13.5 Å². The number of esters is 1. The van der Waals surface area contributed by atoms with Gasteiger partial charge in [0.2, 0.25) is 0 Å². The lowest BCUT2D eigenvalue weighted by Crippen LogP contribution is -2.57. The summed E-state index contributed by atoms with van der Waals surface area (Å²) in [4.78, 5) is 27.7. The fraction of sp³-hybridized carbons (Fsp3) is 0.368. The van der Waals surface area contributed by atoms with Crippen LogP contribution >= 0.6 is 0 Å². The standard InChI is InChI=1S/C38H42O7/c1-27-19-20-31(39)35-34(32(21-22-38(27,35)37(40)42-3)44-24-29-15-9-5-10-16-29)36(45-25-30-17-11-6-12-18-30)33(41-2)26-43-23-28-13-7-4-8-14-28/h4-18,21,33-36H,1,19-20,22-26H2,2-3H3/t33-,34+,35-,36-,38-/m1/s1. The van der Waals surface area contributed by atoms with E-state index in [1.54, 1.807) is 7.11 Å². The van der Waals surface area contributed by atoms with Gasteiger partial charge in [-0.25, -0.2) is 0 Å². The third-order valence-electron chi connectivity index (χ3n) is 8.99. The third kappa shape index (κ3) is 7.28. The number of Topliss-reactive ketones (excluding diaryl/α,β-unsaturated/α-hetero) is 1. The summed E-state index contributed by atoms with van der Waals surface area (Å²) in [5.74, 6) is -1.39. The first-order valence-corrected chi connectivity index (χ1v) is 15.4. The highest BCUT2D eigenvalue weighted by molar-refractivity contribution is 5.94. The van der Waals surface area contributed by atoms with Crippen LogP contribution in [0.3, 0.4) is 0 Å². The molecule has 0 aromatic heterocycles. The summed E-state index contributed by atoms with van der Waals surface area (Å²) in [6.07, 6.45) is 1.57. The van der Waals surface area contributed by atoms with E-state index in [9.17, 15) is 9.59 Å². The molecule has 0 saturated heterocycles. The zero-order valence-corrected chi connectivity index (χ0v) is 26.1. The molecule has 236 valence electrons. The van der Waals surface area contributed by atoms with Gasteiger partial charge in [-0.15, -0.1) is 0 Å². The van der Waals surface area contributed by atoms with E-state index in [-0.39, 0.29) is 31.8 Å². The molecule has 1 saturated carbocycles. The van der Waals surface area contributed by atoms with Gasteiger partial charge in [-0.2, -0.15) is 0 Å². The quantitative estimate of drug-likeness (QED) is 0.150. The van der Waals surface area contributed by atoms with E-state index in [4.69, 9.17) is 23.7 Å². The summed E-state index contributed by atoms with van der Waals surface area (Å²) in [6.45, 7) is 5.45. The Morgan fingerprint density at radius 2 is 1.42 bits per heavy atom. The number of rotatable bonds is 14. The van der Waals surface area contributed by atoms with Crippen LogP contribution in [0.2, 0.25) is 0 Å². The van der Waals surface area contributed by atoms with Crippen molar-refractivity contribution in [2.24, 2.45) is 17.3 Å². The van der Waals surface area contributed by atoms with Crippen molar-refractivity contribution in [2.75, 3.05) is 20.8 Å². The Balaban J connectivity index is 1.54. The van der Waals surface area contributed by atoms with Gasteiger partial charge in [0.15, 0.2) is 0 Å². The van der Waals surface area contributed by atoms with Crippen LogP contribution in [-0.4, -0.2) is 44.8 Å². The van der Waals surface area contributed by atoms with E-state index in [1.807, 2.05) is 97.1 Å². The van der Waals surface area contributed by atoms with Crippen molar-refractivity contribution in [3.05, 3.63) is 132 Å². The van der Waals surface area contributed by atoms with Crippen LogP contribution in [-0.2, 0) is 53.1 Å². The lowest BCUT2D eigenvalue weighted by molar-refractivity contribution is -0.172. The number of ether oxygens (including phenoxy) is 5. The van der Waals surface area contributed by atoms with E-state index >= 15 is 0 Å². The number of fused-ring (bicyclic) bond motifs is 1. The summed E-state index contributed by atoms with van der Waals surface area (Å²) in [6, 6.07) is 29.6. The first kappa shape index (κ1) is 32.4. The van der Waals surface area contributed by atoms with Crippen LogP contribution in [0.5, 0.6) is 0 Å². The highest BCUT2D eigenvalue weighted by Gasteiger charge is 2.61. The molecular formula is C38H42O7. The fourth-order valence-corrected chi connectivity index (χ4v) is 6.64. The summed E-state index contributed by atoms with van der Waals surface area (Å²) in [5.41, 5.74) is 2.44. The SMILES string of the molecule is C=C1CCC(=O)[C@@H]2[C@@H]([C@H](OCc3ccccc3)[C@@H](COCc3ccccc3)OC)C(OCc3ccccc3)=CC[C@@]12C(=O)OC. The third-order valence-corrected chi connectivity index (χ3v) is 8.99. The van der Waals surface area contributed by atoms with E-state index in [2.05, 4.69) is 6.58 Å². The predicted molar refractivity (Wildman–Crippen MR) is 171 cm³/mol. The van der Waals surface area contributed by atoms with Gasteiger partial charge in [0.1, 0.15) is 23.9 Å². The van der Waals surface area contributed by atoms with Crippen molar-refractivity contribution in [3.63, 3.8) is 0 Å². The van der Waals surface area contributed by atoms with Crippen molar-refractivity contribution in [1.29, 1.82) is 0 Å². The maximum atomic E-state index is 14.1. The largest absolute Gasteiger partial charge is 0.493 e. The molecule has 0 radical (unpaired) electrons. The first-order valence-electron chi connectivity index (χ1n) is 15.4. The molecule has 3 aromatic rings. The Morgan fingerprint density at radius 1 is 0.844 bits per heavy atom. The Bertz CT molecular complexity index is 1440. The Morgan fingerprint density at radius 3 is 2.00 bits per heavy atom. The molecule has 7 heteroatoms.